The van der Waals surface area contributed by atoms with Gasteiger partial charge in [0.25, 0.3) is 0 Å². The maximum atomic E-state index is 5.33. The van der Waals surface area contributed by atoms with Crippen molar-refractivity contribution in [3.63, 3.8) is 0 Å². The Morgan fingerprint density at radius 2 is 1.35 bits per heavy atom. The number of ether oxygens (including phenoxy) is 4. The average molecular weight is 288 g/mol. The van der Waals surface area contributed by atoms with E-state index >= 15 is 0 Å². The molecule has 0 saturated heterocycles. The molecule has 0 atom stereocenters. The molecule has 0 amide bonds. The predicted octanol–water partition coefficient (Wildman–Crippen LogP) is 4.60. The van der Waals surface area contributed by atoms with E-state index in [4.69, 9.17) is 18.9 Å². The van der Waals surface area contributed by atoms with Gasteiger partial charge in [-0.15, -0.1) is 0 Å². The fourth-order valence-electron chi connectivity index (χ4n) is 2.07. The van der Waals surface area contributed by atoms with Crippen LogP contribution in [0.4, 0.5) is 0 Å². The lowest BCUT2D eigenvalue weighted by atomic mass is 10.1. The smallest absolute Gasteiger partial charge is 0.320 e. The Morgan fingerprint density at radius 1 is 0.750 bits per heavy atom. The second-order valence-electron chi connectivity index (χ2n) is 4.89. The summed E-state index contributed by atoms with van der Waals surface area (Å²) in [6.45, 7) is 2.42. The normalized spacial score (nSPS) is 12.0. The monoisotopic (exact) mass is 288 g/mol. The Hall–Kier alpha value is -0.900. The van der Waals surface area contributed by atoms with Crippen LogP contribution in [0.5, 0.6) is 0 Å². The van der Waals surface area contributed by atoms with Crippen molar-refractivity contribution in [2.45, 2.75) is 64.7 Å². The molecule has 0 rings (SSSR count). The van der Waals surface area contributed by atoms with Crippen LogP contribution in [0.2, 0.25) is 0 Å². The summed E-state index contributed by atoms with van der Waals surface area (Å²) in [5.74, 6) is 1.19. The van der Waals surface area contributed by atoms with Gasteiger partial charge in [-0.05, 0) is 6.42 Å². The molecule has 0 bridgehead atoms. The molecule has 0 saturated carbocycles. The van der Waals surface area contributed by atoms with Crippen molar-refractivity contribution in [1.29, 1.82) is 0 Å². The van der Waals surface area contributed by atoms with Crippen LogP contribution in [-0.2, 0) is 18.9 Å². The first-order chi connectivity index (χ1) is 9.79. The molecular weight excluding hydrogens is 256 g/mol. The van der Waals surface area contributed by atoms with Crippen LogP contribution in [-0.4, -0.2) is 28.1 Å². The Bertz CT molecular complexity index is 239. The zero-order valence-corrected chi connectivity index (χ0v) is 13.7. The lowest BCUT2D eigenvalue weighted by Gasteiger charge is -2.13. The van der Waals surface area contributed by atoms with Gasteiger partial charge in [-0.25, -0.2) is 0 Å². The number of unbranched alkanes of at least 4 members (excludes halogenated alkanes) is 7. The van der Waals surface area contributed by atoms with Gasteiger partial charge in [0.1, 0.15) is 0 Å². The van der Waals surface area contributed by atoms with Gasteiger partial charge in [-0.2, -0.15) is 0 Å². The van der Waals surface area contributed by atoms with Crippen molar-refractivity contribution >= 4 is 0 Å². The molecule has 0 aliphatic rings. The van der Waals surface area contributed by atoms with Crippen molar-refractivity contribution in [1.82, 2.24) is 0 Å². The van der Waals surface area contributed by atoms with Crippen LogP contribution in [0.1, 0.15) is 64.7 Å². The molecule has 0 fully saturated rings. The van der Waals surface area contributed by atoms with Gasteiger partial charge in [0.05, 0.1) is 14.2 Å². The molecular formula is C16H32O4. The van der Waals surface area contributed by atoms with Crippen molar-refractivity contribution in [2.75, 3.05) is 28.1 Å². The topological polar surface area (TPSA) is 36.9 Å². The van der Waals surface area contributed by atoms with E-state index in [1.165, 1.54) is 44.9 Å². The zero-order valence-electron chi connectivity index (χ0n) is 13.7. The maximum Gasteiger partial charge on any atom is 0.320 e. The minimum atomic E-state index is 0.174. The zero-order chi connectivity index (χ0) is 15.1. The van der Waals surface area contributed by atoms with E-state index in [0.717, 1.165) is 18.6 Å². The molecule has 4 heteroatoms. The molecule has 0 spiro atoms. The average Bonchev–Trinajstić information content (AvgIpc) is 2.48. The fourth-order valence-corrected chi connectivity index (χ4v) is 2.07. The van der Waals surface area contributed by atoms with Crippen molar-refractivity contribution in [3.8, 4) is 0 Å². The first kappa shape index (κ1) is 19.1. The van der Waals surface area contributed by atoms with Crippen molar-refractivity contribution < 1.29 is 18.9 Å². The van der Waals surface area contributed by atoms with Gasteiger partial charge in [0.2, 0.25) is 0 Å². The third kappa shape index (κ3) is 9.96. The predicted molar refractivity (Wildman–Crippen MR) is 81.2 cm³/mol. The molecule has 0 aromatic carbocycles. The van der Waals surface area contributed by atoms with Crippen LogP contribution >= 0.6 is 0 Å². The number of methoxy groups -OCH3 is 3. The number of allylic oxidation sites excluding steroid dienone is 1. The van der Waals surface area contributed by atoms with Gasteiger partial charge in [0.15, 0.2) is 12.6 Å². The van der Waals surface area contributed by atoms with Gasteiger partial charge in [-0.3, -0.25) is 0 Å². The third-order valence-electron chi connectivity index (χ3n) is 3.22. The molecule has 20 heavy (non-hydrogen) atoms. The minimum absolute atomic E-state index is 0.174. The Kier molecular flexibility index (Phi) is 13.9. The second kappa shape index (κ2) is 14.5. The number of hydrogen-bond donors (Lipinski definition) is 0. The summed E-state index contributed by atoms with van der Waals surface area (Å²) < 4.78 is 20.7. The number of rotatable bonds is 14. The maximum absolute atomic E-state index is 5.33. The second-order valence-corrected chi connectivity index (χ2v) is 4.89. The summed E-state index contributed by atoms with van der Waals surface area (Å²) in [4.78, 5) is 0. The summed E-state index contributed by atoms with van der Waals surface area (Å²) in [6, 6.07) is 0. The van der Waals surface area contributed by atoms with Gasteiger partial charge in [-0.1, -0.05) is 51.9 Å². The third-order valence-corrected chi connectivity index (χ3v) is 3.22. The van der Waals surface area contributed by atoms with E-state index in [-0.39, 0.29) is 6.79 Å². The molecule has 0 N–H and O–H groups in total. The Labute approximate surface area is 124 Å². The van der Waals surface area contributed by atoms with Crippen LogP contribution in [0, 0.1) is 0 Å². The first-order valence-electron chi connectivity index (χ1n) is 7.73. The Balaban J connectivity index is 3.79. The first-order valence-corrected chi connectivity index (χ1v) is 7.73. The summed E-state index contributed by atoms with van der Waals surface area (Å²) in [7, 11) is 4.81. The molecule has 0 aliphatic carbocycles. The molecule has 0 aromatic heterocycles. The highest BCUT2D eigenvalue weighted by Crippen LogP contribution is 2.17. The van der Waals surface area contributed by atoms with E-state index in [9.17, 15) is 0 Å². The quantitative estimate of drug-likeness (QED) is 0.266. The molecule has 0 aromatic rings. The lowest BCUT2D eigenvalue weighted by Crippen LogP contribution is -2.04. The van der Waals surface area contributed by atoms with E-state index in [1.807, 2.05) is 0 Å². The molecule has 0 radical (unpaired) electrons. The molecule has 4 nitrogen and oxygen atoms in total. The van der Waals surface area contributed by atoms with Crippen LogP contribution in [0.15, 0.2) is 11.7 Å². The van der Waals surface area contributed by atoms with Gasteiger partial charge < -0.3 is 18.9 Å². The van der Waals surface area contributed by atoms with Crippen LogP contribution < -0.4 is 0 Å². The molecule has 0 unspecified atom stereocenters. The molecule has 0 aliphatic heterocycles. The lowest BCUT2D eigenvalue weighted by molar-refractivity contribution is -0.0570. The van der Waals surface area contributed by atoms with Crippen molar-refractivity contribution in [2.24, 2.45) is 0 Å². The highest BCUT2D eigenvalue weighted by Gasteiger charge is 2.09. The minimum Gasteiger partial charge on any atom is -0.494 e. The van der Waals surface area contributed by atoms with E-state index in [2.05, 4.69) is 6.92 Å². The summed E-state index contributed by atoms with van der Waals surface area (Å²) >= 11 is 0. The highest BCUT2D eigenvalue weighted by molar-refractivity contribution is 4.94. The summed E-state index contributed by atoms with van der Waals surface area (Å²) in [6.07, 6.45) is 11.2. The highest BCUT2D eigenvalue weighted by atomic mass is 16.7. The van der Waals surface area contributed by atoms with E-state index in [0.29, 0.717) is 5.95 Å². The summed E-state index contributed by atoms with van der Waals surface area (Å²) in [5, 5.41) is 0. The fraction of sp³-hybridized carbons (Fsp3) is 0.875. The van der Waals surface area contributed by atoms with E-state index < -0.39 is 0 Å². The van der Waals surface area contributed by atoms with Crippen molar-refractivity contribution in [3.05, 3.63) is 11.7 Å². The largest absolute Gasteiger partial charge is 0.494 e. The SMILES string of the molecule is CCCCCCCCCC/C(OC)=C(\OC)OCOC. The van der Waals surface area contributed by atoms with Gasteiger partial charge in [0, 0.05) is 13.5 Å². The van der Waals surface area contributed by atoms with Crippen LogP contribution in [0.25, 0.3) is 0 Å². The number of hydrogen-bond acceptors (Lipinski definition) is 4. The molecule has 0 heterocycles. The Morgan fingerprint density at radius 3 is 1.85 bits per heavy atom. The summed E-state index contributed by atoms with van der Waals surface area (Å²) in [5.41, 5.74) is 0. The standard InChI is InChI=1S/C16H32O4/c1-5-6-7-8-9-10-11-12-13-15(18-3)16(19-4)20-14-17-2/h5-14H2,1-4H3/b16-15-. The van der Waals surface area contributed by atoms with Crippen LogP contribution in [0.3, 0.4) is 0 Å². The van der Waals surface area contributed by atoms with Gasteiger partial charge >= 0.3 is 5.95 Å². The van der Waals surface area contributed by atoms with E-state index in [1.54, 1.807) is 21.3 Å². The molecule has 120 valence electrons.